The van der Waals surface area contributed by atoms with E-state index in [1.165, 1.54) is 12.3 Å². The minimum Gasteiger partial charge on any atom is -0.338 e. The Bertz CT molecular complexity index is 560. The average Bonchev–Trinajstić information content (AvgIpc) is 2.40. The molecule has 0 bridgehead atoms. The van der Waals surface area contributed by atoms with Crippen LogP contribution in [0.4, 0.5) is 9.18 Å². The lowest BCUT2D eigenvalue weighted by molar-refractivity contribution is 0.244. The van der Waals surface area contributed by atoms with Crippen LogP contribution in [0.15, 0.2) is 41.0 Å². The van der Waals surface area contributed by atoms with Crippen molar-refractivity contribution in [3.8, 4) is 0 Å². The van der Waals surface area contributed by atoms with Crippen LogP contribution in [0.25, 0.3) is 0 Å². The SMILES string of the molecule is C=C(NC(=O)NCCc1ccc(Cl)c(Cl)c1)S/C=C(\C)F. The minimum atomic E-state index is -0.391. The van der Waals surface area contributed by atoms with E-state index in [0.717, 1.165) is 17.3 Å². The lowest BCUT2D eigenvalue weighted by Crippen LogP contribution is -2.35. The van der Waals surface area contributed by atoms with Gasteiger partial charge in [0.15, 0.2) is 0 Å². The summed E-state index contributed by atoms with van der Waals surface area (Å²) in [7, 11) is 0. The molecule has 21 heavy (non-hydrogen) atoms. The molecule has 0 heterocycles. The molecule has 0 aliphatic rings. The van der Waals surface area contributed by atoms with Gasteiger partial charge in [0.05, 0.1) is 15.1 Å². The van der Waals surface area contributed by atoms with Gasteiger partial charge >= 0.3 is 6.03 Å². The van der Waals surface area contributed by atoms with Crippen LogP contribution in [0.2, 0.25) is 10.0 Å². The highest BCUT2D eigenvalue weighted by Gasteiger charge is 2.03. The Morgan fingerprint density at radius 3 is 2.76 bits per heavy atom. The third kappa shape index (κ3) is 7.41. The van der Waals surface area contributed by atoms with Gasteiger partial charge in [-0.2, -0.15) is 0 Å². The van der Waals surface area contributed by atoms with Crippen LogP contribution >= 0.6 is 35.0 Å². The molecule has 1 aromatic rings. The number of carbonyl (C=O) groups is 1. The number of carbonyl (C=O) groups excluding carboxylic acids is 1. The zero-order valence-electron chi connectivity index (χ0n) is 11.4. The highest BCUT2D eigenvalue weighted by Crippen LogP contribution is 2.22. The van der Waals surface area contributed by atoms with E-state index < -0.39 is 6.03 Å². The van der Waals surface area contributed by atoms with Crippen LogP contribution in [0.1, 0.15) is 12.5 Å². The minimum absolute atomic E-state index is 0.344. The van der Waals surface area contributed by atoms with Gasteiger partial charge in [-0.15, -0.1) is 0 Å². The van der Waals surface area contributed by atoms with Gasteiger partial charge in [-0.1, -0.05) is 47.6 Å². The van der Waals surface area contributed by atoms with Crippen molar-refractivity contribution < 1.29 is 9.18 Å². The topological polar surface area (TPSA) is 41.1 Å². The van der Waals surface area contributed by atoms with Gasteiger partial charge in [0.2, 0.25) is 0 Å². The lowest BCUT2D eigenvalue weighted by atomic mass is 10.1. The number of hydrogen-bond donors (Lipinski definition) is 2. The van der Waals surface area contributed by atoms with E-state index in [1.807, 2.05) is 6.07 Å². The molecular weight excluding hydrogens is 334 g/mol. The molecular formula is C14H15Cl2FN2OS. The molecule has 2 N–H and O–H groups in total. The van der Waals surface area contributed by atoms with Crippen molar-refractivity contribution in [3.63, 3.8) is 0 Å². The molecule has 0 atom stereocenters. The lowest BCUT2D eigenvalue weighted by Gasteiger charge is -2.08. The summed E-state index contributed by atoms with van der Waals surface area (Å²) in [5, 5.41) is 7.76. The maximum Gasteiger partial charge on any atom is 0.319 e. The third-order valence-corrected chi connectivity index (χ3v) is 3.87. The Kier molecular flexibility index (Phi) is 7.64. The summed E-state index contributed by atoms with van der Waals surface area (Å²) < 4.78 is 12.5. The van der Waals surface area contributed by atoms with Gasteiger partial charge < -0.3 is 10.6 Å². The zero-order valence-corrected chi connectivity index (χ0v) is 13.7. The van der Waals surface area contributed by atoms with Crippen molar-refractivity contribution >= 4 is 41.0 Å². The largest absolute Gasteiger partial charge is 0.338 e. The second-order valence-electron chi connectivity index (χ2n) is 4.13. The zero-order chi connectivity index (χ0) is 15.8. The van der Waals surface area contributed by atoms with Gasteiger partial charge in [0.1, 0.15) is 5.83 Å². The standard InChI is InChI=1S/C14H15Cl2FN2OS/c1-9(17)8-21-10(2)19-14(20)18-6-5-11-3-4-12(15)13(16)7-11/h3-4,7-8H,2,5-6H2,1H3,(H2,18,19,20)/b9-8+. The van der Waals surface area contributed by atoms with Crippen molar-refractivity contribution in [3.05, 3.63) is 56.7 Å². The van der Waals surface area contributed by atoms with E-state index in [1.54, 1.807) is 12.1 Å². The summed E-state index contributed by atoms with van der Waals surface area (Å²) in [5.74, 6) is -0.344. The maximum absolute atomic E-state index is 12.5. The molecule has 7 heteroatoms. The molecule has 0 unspecified atom stereocenters. The molecule has 1 aromatic carbocycles. The van der Waals surface area contributed by atoms with Crippen LogP contribution in [0, 0.1) is 0 Å². The maximum atomic E-state index is 12.5. The summed E-state index contributed by atoms with van der Waals surface area (Å²) in [6.45, 7) is 5.35. The van der Waals surface area contributed by atoms with Crippen LogP contribution in [0.3, 0.4) is 0 Å². The molecule has 1 rings (SSSR count). The number of urea groups is 1. The monoisotopic (exact) mass is 348 g/mol. The molecule has 0 aliphatic carbocycles. The fourth-order valence-corrected chi connectivity index (χ4v) is 2.15. The Labute approximate surface area is 137 Å². The van der Waals surface area contributed by atoms with Crippen molar-refractivity contribution in [2.75, 3.05) is 6.54 Å². The quantitative estimate of drug-likeness (QED) is 0.769. The molecule has 3 nitrogen and oxygen atoms in total. The number of nitrogens with one attached hydrogen (secondary N) is 2. The molecule has 0 fully saturated rings. The van der Waals surface area contributed by atoms with E-state index in [2.05, 4.69) is 17.2 Å². The normalized spacial score (nSPS) is 11.1. The van der Waals surface area contributed by atoms with Crippen LogP contribution in [-0.2, 0) is 6.42 Å². The highest BCUT2D eigenvalue weighted by molar-refractivity contribution is 8.05. The summed E-state index contributed by atoms with van der Waals surface area (Å²) in [6, 6.07) is 4.92. The van der Waals surface area contributed by atoms with E-state index >= 15 is 0 Å². The molecule has 0 aromatic heterocycles. The van der Waals surface area contributed by atoms with Crippen molar-refractivity contribution in [1.29, 1.82) is 0 Å². The van der Waals surface area contributed by atoms with Gasteiger partial charge in [-0.25, -0.2) is 9.18 Å². The molecule has 0 saturated heterocycles. The third-order valence-electron chi connectivity index (χ3n) is 2.30. The van der Waals surface area contributed by atoms with Crippen molar-refractivity contribution in [2.45, 2.75) is 13.3 Å². The van der Waals surface area contributed by atoms with Gasteiger partial charge in [0.25, 0.3) is 0 Å². The summed E-state index contributed by atoms with van der Waals surface area (Å²) >= 11 is 12.7. The molecule has 0 aliphatic heterocycles. The number of thioether (sulfide) groups is 1. The highest BCUT2D eigenvalue weighted by atomic mass is 35.5. The Morgan fingerprint density at radius 1 is 1.43 bits per heavy atom. The first-order valence-electron chi connectivity index (χ1n) is 6.05. The van der Waals surface area contributed by atoms with Gasteiger partial charge in [-0.05, 0) is 31.0 Å². The van der Waals surface area contributed by atoms with Crippen LogP contribution in [-0.4, -0.2) is 12.6 Å². The second kappa shape index (κ2) is 8.97. The number of hydrogen-bond acceptors (Lipinski definition) is 2. The van der Waals surface area contributed by atoms with Crippen LogP contribution in [0.5, 0.6) is 0 Å². The predicted molar refractivity (Wildman–Crippen MR) is 88.3 cm³/mol. The molecule has 0 saturated carbocycles. The predicted octanol–water partition coefficient (Wildman–Crippen LogP) is 4.87. The Hall–Kier alpha value is -1.17. The van der Waals surface area contributed by atoms with Crippen molar-refractivity contribution in [1.82, 2.24) is 10.6 Å². The first-order chi connectivity index (χ1) is 9.88. The molecule has 0 spiro atoms. The fraction of sp³-hybridized carbons (Fsp3) is 0.214. The van der Waals surface area contributed by atoms with Crippen molar-refractivity contribution in [2.24, 2.45) is 0 Å². The molecule has 114 valence electrons. The van der Waals surface area contributed by atoms with E-state index in [0.29, 0.717) is 28.0 Å². The van der Waals surface area contributed by atoms with E-state index in [4.69, 9.17) is 23.2 Å². The van der Waals surface area contributed by atoms with Gasteiger partial charge in [0, 0.05) is 12.0 Å². The first-order valence-corrected chi connectivity index (χ1v) is 7.68. The smallest absolute Gasteiger partial charge is 0.319 e. The van der Waals surface area contributed by atoms with Crippen LogP contribution < -0.4 is 10.6 Å². The first kappa shape index (κ1) is 17.9. The Morgan fingerprint density at radius 2 is 2.14 bits per heavy atom. The number of benzene rings is 1. The summed E-state index contributed by atoms with van der Waals surface area (Å²) in [6.07, 6.45) is 0.618. The summed E-state index contributed by atoms with van der Waals surface area (Å²) in [4.78, 5) is 11.6. The van der Waals surface area contributed by atoms with E-state index in [9.17, 15) is 9.18 Å². The van der Waals surface area contributed by atoms with Gasteiger partial charge in [-0.3, -0.25) is 0 Å². The number of amides is 2. The second-order valence-corrected chi connectivity index (χ2v) is 5.90. The number of rotatable bonds is 6. The summed E-state index contributed by atoms with van der Waals surface area (Å²) in [5.41, 5.74) is 0.967. The Balaban J connectivity index is 2.31. The van der Waals surface area contributed by atoms with E-state index in [-0.39, 0.29) is 5.83 Å². The number of halogens is 3. The fourth-order valence-electron chi connectivity index (χ4n) is 1.37. The average molecular weight is 349 g/mol. The number of allylic oxidation sites excluding steroid dienone is 1. The molecule has 0 radical (unpaired) electrons. The molecule has 2 amide bonds.